The molecule has 2 unspecified atom stereocenters. The van der Waals surface area contributed by atoms with Crippen molar-refractivity contribution in [1.29, 1.82) is 0 Å². The maximum atomic E-state index is 11.7. The Labute approximate surface area is 131 Å². The van der Waals surface area contributed by atoms with E-state index >= 15 is 0 Å². The van der Waals surface area contributed by atoms with Gasteiger partial charge >= 0.3 is 5.97 Å². The highest BCUT2D eigenvalue weighted by Crippen LogP contribution is 2.38. The summed E-state index contributed by atoms with van der Waals surface area (Å²) in [5.41, 5.74) is 1.87. The predicted octanol–water partition coefficient (Wildman–Crippen LogP) is 3.77. The molecule has 0 radical (unpaired) electrons. The van der Waals surface area contributed by atoms with Crippen LogP contribution >= 0.6 is 11.8 Å². The summed E-state index contributed by atoms with van der Waals surface area (Å²) in [6.07, 6.45) is 3.51. The fraction of sp³-hybridized carbons (Fsp3) is 0.588. The first-order valence-corrected chi connectivity index (χ1v) is 8.57. The number of carbonyl (C=O) groups is 1. The van der Waals surface area contributed by atoms with E-state index in [1.165, 1.54) is 16.0 Å². The lowest BCUT2D eigenvalue weighted by atomic mass is 9.81. The third kappa shape index (κ3) is 3.80. The Kier molecular flexibility index (Phi) is 5.33. The number of thioether (sulfide) groups is 1. The molecule has 1 saturated carbocycles. The fourth-order valence-corrected chi connectivity index (χ4v) is 4.50. The van der Waals surface area contributed by atoms with E-state index in [0.717, 1.165) is 19.3 Å². The SMILES string of the molecule is CCNC1(C(=O)O)CCCC(Sc2ccc(C)c(C)c2)C1. The summed E-state index contributed by atoms with van der Waals surface area (Å²) in [7, 11) is 0. The average Bonchev–Trinajstić information content (AvgIpc) is 2.43. The molecular formula is C17H25NO2S. The number of aryl methyl sites for hydroxylation is 2. The van der Waals surface area contributed by atoms with Crippen molar-refractivity contribution in [2.24, 2.45) is 0 Å². The summed E-state index contributed by atoms with van der Waals surface area (Å²) < 4.78 is 0. The van der Waals surface area contributed by atoms with Gasteiger partial charge in [-0.15, -0.1) is 11.8 Å². The summed E-state index contributed by atoms with van der Waals surface area (Å²) in [4.78, 5) is 12.9. The molecule has 1 aliphatic carbocycles. The van der Waals surface area contributed by atoms with Gasteiger partial charge in [-0.1, -0.05) is 13.0 Å². The van der Waals surface area contributed by atoms with Crippen molar-refractivity contribution in [3.05, 3.63) is 29.3 Å². The molecule has 0 aliphatic heterocycles. The van der Waals surface area contributed by atoms with Crippen molar-refractivity contribution in [3.63, 3.8) is 0 Å². The van der Waals surface area contributed by atoms with Gasteiger partial charge < -0.3 is 10.4 Å². The number of rotatable bonds is 5. The highest BCUT2D eigenvalue weighted by molar-refractivity contribution is 8.00. The van der Waals surface area contributed by atoms with Crippen molar-refractivity contribution < 1.29 is 9.90 Å². The first-order chi connectivity index (χ1) is 9.97. The Bertz CT molecular complexity index is 514. The smallest absolute Gasteiger partial charge is 0.323 e. The third-order valence-electron chi connectivity index (χ3n) is 4.41. The normalized spacial score (nSPS) is 25.8. The molecule has 116 valence electrons. The highest BCUT2D eigenvalue weighted by atomic mass is 32.2. The molecule has 0 saturated heterocycles. The Morgan fingerprint density at radius 1 is 1.43 bits per heavy atom. The minimum atomic E-state index is -0.732. The lowest BCUT2D eigenvalue weighted by molar-refractivity contribution is -0.146. The highest BCUT2D eigenvalue weighted by Gasteiger charge is 2.42. The van der Waals surface area contributed by atoms with E-state index in [0.29, 0.717) is 18.2 Å². The molecule has 3 nitrogen and oxygen atoms in total. The quantitative estimate of drug-likeness (QED) is 0.869. The third-order valence-corrected chi connectivity index (χ3v) is 5.67. The molecule has 0 amide bonds. The number of hydrogen-bond acceptors (Lipinski definition) is 3. The Balaban J connectivity index is 2.09. The van der Waals surface area contributed by atoms with Gasteiger partial charge in [0.1, 0.15) is 5.54 Å². The van der Waals surface area contributed by atoms with Crippen LogP contribution in [0.4, 0.5) is 0 Å². The van der Waals surface area contributed by atoms with Crippen LogP contribution in [0.1, 0.15) is 43.7 Å². The van der Waals surface area contributed by atoms with Crippen molar-refractivity contribution >= 4 is 17.7 Å². The second kappa shape index (κ2) is 6.84. The summed E-state index contributed by atoms with van der Waals surface area (Å²) in [6, 6.07) is 6.51. The minimum absolute atomic E-state index is 0.371. The van der Waals surface area contributed by atoms with Gasteiger partial charge in [-0.3, -0.25) is 4.79 Å². The van der Waals surface area contributed by atoms with Crippen molar-refractivity contribution in [2.45, 2.75) is 62.1 Å². The van der Waals surface area contributed by atoms with Crippen LogP contribution in [0.15, 0.2) is 23.1 Å². The number of carboxylic acid groups (broad SMARTS) is 1. The molecule has 21 heavy (non-hydrogen) atoms. The largest absolute Gasteiger partial charge is 0.480 e. The Morgan fingerprint density at radius 3 is 2.81 bits per heavy atom. The minimum Gasteiger partial charge on any atom is -0.480 e. The molecular weight excluding hydrogens is 282 g/mol. The molecule has 2 rings (SSSR count). The number of likely N-dealkylation sites (N-methyl/N-ethyl adjacent to an activating group) is 1. The maximum Gasteiger partial charge on any atom is 0.323 e. The van der Waals surface area contributed by atoms with E-state index in [2.05, 4.69) is 37.4 Å². The summed E-state index contributed by atoms with van der Waals surface area (Å²) in [5, 5.41) is 13.2. The van der Waals surface area contributed by atoms with Gasteiger partial charge in [0.2, 0.25) is 0 Å². The van der Waals surface area contributed by atoms with Gasteiger partial charge in [0.15, 0.2) is 0 Å². The van der Waals surface area contributed by atoms with E-state index in [1.807, 2.05) is 18.7 Å². The van der Waals surface area contributed by atoms with E-state index in [9.17, 15) is 9.90 Å². The number of carboxylic acids is 1. The molecule has 0 bridgehead atoms. The topological polar surface area (TPSA) is 49.3 Å². The van der Waals surface area contributed by atoms with Crippen LogP contribution < -0.4 is 5.32 Å². The molecule has 2 atom stereocenters. The van der Waals surface area contributed by atoms with Crippen LogP contribution in [0.5, 0.6) is 0 Å². The van der Waals surface area contributed by atoms with Crippen LogP contribution in [0, 0.1) is 13.8 Å². The van der Waals surface area contributed by atoms with Crippen LogP contribution in [-0.2, 0) is 4.79 Å². The first-order valence-electron chi connectivity index (χ1n) is 7.69. The molecule has 1 fully saturated rings. The predicted molar refractivity (Wildman–Crippen MR) is 88.1 cm³/mol. The molecule has 2 N–H and O–H groups in total. The second-order valence-electron chi connectivity index (χ2n) is 6.00. The molecule has 1 aliphatic rings. The van der Waals surface area contributed by atoms with Gasteiger partial charge in [0, 0.05) is 10.1 Å². The number of aliphatic carboxylic acids is 1. The van der Waals surface area contributed by atoms with Crippen LogP contribution in [0.3, 0.4) is 0 Å². The van der Waals surface area contributed by atoms with Gasteiger partial charge in [0.05, 0.1) is 0 Å². The summed E-state index contributed by atoms with van der Waals surface area (Å²) in [6.45, 7) is 6.92. The Morgan fingerprint density at radius 2 is 2.19 bits per heavy atom. The lowest BCUT2D eigenvalue weighted by Crippen LogP contribution is -2.55. The monoisotopic (exact) mass is 307 g/mol. The molecule has 0 aromatic heterocycles. The fourth-order valence-electron chi connectivity index (χ4n) is 3.07. The average molecular weight is 307 g/mol. The molecule has 0 spiro atoms. The van der Waals surface area contributed by atoms with E-state index < -0.39 is 11.5 Å². The maximum absolute atomic E-state index is 11.7. The van der Waals surface area contributed by atoms with Gasteiger partial charge in [-0.2, -0.15) is 0 Å². The van der Waals surface area contributed by atoms with E-state index in [1.54, 1.807) is 0 Å². The lowest BCUT2D eigenvalue weighted by Gasteiger charge is -2.38. The summed E-state index contributed by atoms with van der Waals surface area (Å²) in [5.74, 6) is -0.699. The Hall–Kier alpha value is -1.00. The number of hydrogen-bond donors (Lipinski definition) is 2. The molecule has 4 heteroatoms. The molecule has 0 heterocycles. The zero-order valence-corrected chi connectivity index (χ0v) is 13.9. The molecule has 1 aromatic rings. The number of benzene rings is 1. The van der Waals surface area contributed by atoms with Crippen LogP contribution in [-0.4, -0.2) is 28.4 Å². The number of nitrogens with one attached hydrogen (secondary N) is 1. The zero-order chi connectivity index (χ0) is 15.5. The van der Waals surface area contributed by atoms with Crippen molar-refractivity contribution in [2.75, 3.05) is 6.54 Å². The van der Waals surface area contributed by atoms with Gasteiger partial charge in [0.25, 0.3) is 0 Å². The van der Waals surface area contributed by atoms with Gasteiger partial charge in [-0.25, -0.2) is 0 Å². The van der Waals surface area contributed by atoms with Crippen molar-refractivity contribution in [3.8, 4) is 0 Å². The van der Waals surface area contributed by atoms with Crippen molar-refractivity contribution in [1.82, 2.24) is 5.32 Å². The van der Waals surface area contributed by atoms with Crippen LogP contribution in [0.2, 0.25) is 0 Å². The van der Waals surface area contributed by atoms with E-state index in [4.69, 9.17) is 0 Å². The summed E-state index contributed by atoms with van der Waals surface area (Å²) >= 11 is 1.83. The first kappa shape index (κ1) is 16.4. The van der Waals surface area contributed by atoms with Gasteiger partial charge in [-0.05, 0) is 69.3 Å². The van der Waals surface area contributed by atoms with Crippen LogP contribution in [0.25, 0.3) is 0 Å². The van der Waals surface area contributed by atoms with E-state index in [-0.39, 0.29) is 0 Å². The molecule has 1 aromatic carbocycles. The standard InChI is InChI=1S/C17H25NO2S/c1-4-18-17(16(19)20)9-5-6-15(11-17)21-14-8-7-12(2)13(3)10-14/h7-8,10,15,18H,4-6,9,11H2,1-3H3,(H,19,20). The second-order valence-corrected chi connectivity index (χ2v) is 7.37. The zero-order valence-electron chi connectivity index (χ0n) is 13.1.